The van der Waals surface area contributed by atoms with Gasteiger partial charge in [0.2, 0.25) is 11.8 Å². The van der Waals surface area contributed by atoms with E-state index in [-0.39, 0.29) is 30.2 Å². The van der Waals surface area contributed by atoms with Crippen LogP contribution in [0.15, 0.2) is 29.6 Å². The summed E-state index contributed by atoms with van der Waals surface area (Å²) in [7, 11) is 0. The molecule has 2 amide bonds. The molecule has 0 atom stereocenters. The van der Waals surface area contributed by atoms with E-state index in [0.717, 1.165) is 31.7 Å². The van der Waals surface area contributed by atoms with Crippen LogP contribution >= 0.6 is 11.3 Å². The number of thiazole rings is 1. The molecule has 2 heterocycles. The molecular formula is C20H26FN5O2S. The Morgan fingerprint density at radius 2 is 1.66 bits per heavy atom. The molecular weight excluding hydrogens is 393 g/mol. The number of benzene rings is 1. The number of carbonyl (C=O) groups is 2. The standard InChI is InChI=1S/C20H26FN5O2S/c1-14(2)22-18(27)11-25-7-9-26(10-8-25)12-19(28)24-20-23-17(13-29-20)15-3-5-16(21)6-4-15/h3-6,13-14H,7-12H2,1-2H3,(H,22,27)(H,23,24,28). The Morgan fingerprint density at radius 1 is 1.07 bits per heavy atom. The van der Waals surface area contributed by atoms with Gasteiger partial charge >= 0.3 is 0 Å². The third-order valence-corrected chi connectivity index (χ3v) is 5.30. The number of nitrogens with zero attached hydrogens (tertiary/aromatic N) is 3. The minimum Gasteiger partial charge on any atom is -0.353 e. The minimum atomic E-state index is -0.293. The van der Waals surface area contributed by atoms with Gasteiger partial charge in [-0.25, -0.2) is 9.37 Å². The van der Waals surface area contributed by atoms with Crippen molar-refractivity contribution in [2.24, 2.45) is 0 Å². The van der Waals surface area contributed by atoms with Gasteiger partial charge in [-0.2, -0.15) is 0 Å². The third-order valence-electron chi connectivity index (χ3n) is 4.54. The van der Waals surface area contributed by atoms with Gasteiger partial charge in [-0.1, -0.05) is 0 Å². The molecule has 3 rings (SSSR count). The summed E-state index contributed by atoms with van der Waals surface area (Å²) in [5, 5.41) is 8.09. The predicted molar refractivity (Wildman–Crippen MR) is 112 cm³/mol. The van der Waals surface area contributed by atoms with E-state index in [1.807, 2.05) is 19.2 Å². The van der Waals surface area contributed by atoms with Crippen LogP contribution in [0.4, 0.5) is 9.52 Å². The molecule has 2 N–H and O–H groups in total. The highest BCUT2D eigenvalue weighted by atomic mass is 32.1. The normalized spacial score (nSPS) is 15.4. The highest BCUT2D eigenvalue weighted by Crippen LogP contribution is 2.25. The Kier molecular flexibility index (Phi) is 7.29. The second-order valence-corrected chi connectivity index (χ2v) is 8.23. The number of anilines is 1. The zero-order valence-corrected chi connectivity index (χ0v) is 17.5. The molecule has 1 aromatic carbocycles. The number of rotatable bonds is 7. The first kappa shape index (κ1) is 21.4. The molecule has 0 spiro atoms. The molecule has 0 radical (unpaired) electrons. The first-order valence-electron chi connectivity index (χ1n) is 9.64. The molecule has 1 saturated heterocycles. The maximum absolute atomic E-state index is 13.0. The van der Waals surface area contributed by atoms with Crippen molar-refractivity contribution in [1.82, 2.24) is 20.1 Å². The van der Waals surface area contributed by atoms with Gasteiger partial charge < -0.3 is 10.6 Å². The first-order chi connectivity index (χ1) is 13.9. The molecule has 0 saturated carbocycles. The molecule has 0 aliphatic carbocycles. The predicted octanol–water partition coefficient (Wildman–Crippen LogP) is 2.03. The molecule has 0 bridgehead atoms. The SMILES string of the molecule is CC(C)NC(=O)CN1CCN(CC(=O)Nc2nc(-c3ccc(F)cc3)cs2)CC1. The minimum absolute atomic E-state index is 0.0342. The number of nitrogens with one attached hydrogen (secondary N) is 2. The van der Waals surface area contributed by atoms with Crippen molar-refractivity contribution in [3.05, 3.63) is 35.5 Å². The summed E-state index contributed by atoms with van der Waals surface area (Å²) in [5.41, 5.74) is 1.51. The van der Waals surface area contributed by atoms with Crippen LogP contribution in [0, 0.1) is 5.82 Å². The molecule has 1 aromatic heterocycles. The fourth-order valence-electron chi connectivity index (χ4n) is 3.12. The highest BCUT2D eigenvalue weighted by molar-refractivity contribution is 7.14. The van der Waals surface area contributed by atoms with Crippen molar-refractivity contribution in [2.45, 2.75) is 19.9 Å². The van der Waals surface area contributed by atoms with Crippen molar-refractivity contribution in [3.63, 3.8) is 0 Å². The summed E-state index contributed by atoms with van der Waals surface area (Å²) < 4.78 is 13.0. The van der Waals surface area contributed by atoms with E-state index in [0.29, 0.717) is 17.4 Å². The Balaban J connectivity index is 1.43. The van der Waals surface area contributed by atoms with Gasteiger partial charge in [-0.3, -0.25) is 19.4 Å². The van der Waals surface area contributed by atoms with E-state index in [4.69, 9.17) is 0 Å². The molecule has 7 nitrogen and oxygen atoms in total. The van der Waals surface area contributed by atoms with Crippen molar-refractivity contribution >= 4 is 28.3 Å². The summed E-state index contributed by atoms with van der Waals surface area (Å²) in [6, 6.07) is 6.24. The number of amides is 2. The molecule has 1 aliphatic heterocycles. The van der Waals surface area contributed by atoms with Gasteiger partial charge in [0.05, 0.1) is 18.8 Å². The van der Waals surface area contributed by atoms with Gasteiger partial charge in [0.1, 0.15) is 5.82 Å². The molecule has 0 unspecified atom stereocenters. The molecule has 1 fully saturated rings. The zero-order valence-electron chi connectivity index (χ0n) is 16.7. The van der Waals surface area contributed by atoms with E-state index >= 15 is 0 Å². The lowest BCUT2D eigenvalue weighted by atomic mass is 10.2. The van der Waals surface area contributed by atoms with Crippen LogP contribution in [0.2, 0.25) is 0 Å². The van der Waals surface area contributed by atoms with Crippen molar-refractivity contribution < 1.29 is 14.0 Å². The largest absolute Gasteiger partial charge is 0.353 e. The van der Waals surface area contributed by atoms with Crippen molar-refractivity contribution in [2.75, 3.05) is 44.6 Å². The van der Waals surface area contributed by atoms with Crippen LogP contribution in [0.1, 0.15) is 13.8 Å². The molecule has 2 aromatic rings. The quantitative estimate of drug-likeness (QED) is 0.718. The number of hydrogen-bond donors (Lipinski definition) is 2. The van der Waals surface area contributed by atoms with Crippen LogP contribution in [0.3, 0.4) is 0 Å². The van der Waals surface area contributed by atoms with E-state index in [1.54, 1.807) is 12.1 Å². The third kappa shape index (κ3) is 6.59. The average Bonchev–Trinajstić information content (AvgIpc) is 3.11. The number of aromatic nitrogens is 1. The van der Waals surface area contributed by atoms with E-state index in [9.17, 15) is 14.0 Å². The highest BCUT2D eigenvalue weighted by Gasteiger charge is 2.21. The van der Waals surface area contributed by atoms with E-state index in [2.05, 4.69) is 25.4 Å². The molecule has 156 valence electrons. The smallest absolute Gasteiger partial charge is 0.240 e. The van der Waals surface area contributed by atoms with Gasteiger partial charge in [-0.15, -0.1) is 11.3 Å². The Morgan fingerprint density at radius 3 is 2.24 bits per heavy atom. The Labute approximate surface area is 173 Å². The molecule has 9 heteroatoms. The van der Waals surface area contributed by atoms with Gasteiger partial charge in [0.15, 0.2) is 5.13 Å². The first-order valence-corrected chi connectivity index (χ1v) is 10.5. The maximum Gasteiger partial charge on any atom is 0.240 e. The maximum atomic E-state index is 13.0. The fraction of sp³-hybridized carbons (Fsp3) is 0.450. The van der Waals surface area contributed by atoms with Crippen molar-refractivity contribution in [1.29, 1.82) is 0 Å². The monoisotopic (exact) mass is 419 g/mol. The summed E-state index contributed by atoms with van der Waals surface area (Å²) in [5.74, 6) is -0.374. The Hall–Kier alpha value is -2.36. The second-order valence-electron chi connectivity index (χ2n) is 7.37. The van der Waals surface area contributed by atoms with Gasteiger partial charge in [0.25, 0.3) is 0 Å². The molecule has 1 aliphatic rings. The zero-order chi connectivity index (χ0) is 20.8. The van der Waals surface area contributed by atoms with Gasteiger partial charge in [-0.05, 0) is 38.1 Å². The number of piperazine rings is 1. The second kappa shape index (κ2) is 9.91. The van der Waals surface area contributed by atoms with E-state index < -0.39 is 0 Å². The summed E-state index contributed by atoms with van der Waals surface area (Å²) in [6.07, 6.45) is 0. The van der Waals surface area contributed by atoms with E-state index in [1.165, 1.54) is 23.5 Å². The molecule has 29 heavy (non-hydrogen) atoms. The number of halogens is 1. The lowest BCUT2D eigenvalue weighted by Gasteiger charge is -2.33. The van der Waals surface area contributed by atoms with Crippen LogP contribution in [0.5, 0.6) is 0 Å². The van der Waals surface area contributed by atoms with Crippen LogP contribution in [-0.2, 0) is 9.59 Å². The summed E-state index contributed by atoms with van der Waals surface area (Å²) >= 11 is 1.34. The summed E-state index contributed by atoms with van der Waals surface area (Å²) in [6.45, 7) is 7.55. The summed E-state index contributed by atoms with van der Waals surface area (Å²) in [4.78, 5) is 32.8. The van der Waals surface area contributed by atoms with Crippen LogP contribution in [0.25, 0.3) is 11.3 Å². The fourth-order valence-corrected chi connectivity index (χ4v) is 3.86. The number of hydrogen-bond acceptors (Lipinski definition) is 6. The topological polar surface area (TPSA) is 77.6 Å². The van der Waals surface area contributed by atoms with Gasteiger partial charge in [0, 0.05) is 43.2 Å². The Bertz CT molecular complexity index is 832. The van der Waals surface area contributed by atoms with Crippen LogP contribution < -0.4 is 10.6 Å². The average molecular weight is 420 g/mol. The van der Waals surface area contributed by atoms with Crippen molar-refractivity contribution in [3.8, 4) is 11.3 Å². The lowest BCUT2D eigenvalue weighted by Crippen LogP contribution is -2.51. The van der Waals surface area contributed by atoms with Crippen LogP contribution in [-0.4, -0.2) is 71.9 Å². The number of carbonyl (C=O) groups excluding carboxylic acids is 2. The lowest BCUT2D eigenvalue weighted by molar-refractivity contribution is -0.124.